The highest BCUT2D eigenvalue weighted by Crippen LogP contribution is 2.06. The van der Waals surface area contributed by atoms with Crippen LogP contribution in [0.4, 0.5) is 0 Å². The van der Waals surface area contributed by atoms with Gasteiger partial charge in [-0.1, -0.05) is 36.4 Å². The Bertz CT molecular complexity index is 469. The van der Waals surface area contributed by atoms with E-state index in [1.165, 1.54) is 12.2 Å². The molecule has 15 heavy (non-hydrogen) atoms. The number of nitrogens with zero attached hydrogens (tertiary/aromatic N) is 1. The van der Waals surface area contributed by atoms with E-state index >= 15 is 0 Å². The van der Waals surface area contributed by atoms with E-state index in [1.54, 1.807) is 30.3 Å². The minimum Gasteiger partial charge on any atom is -0.228 e. The summed E-state index contributed by atoms with van der Waals surface area (Å²) in [7, 11) is -3.14. The highest BCUT2D eigenvalue weighted by Gasteiger charge is 2.08. The maximum Gasteiger partial charge on any atom is 0.158 e. The van der Waals surface area contributed by atoms with Crippen molar-refractivity contribution < 1.29 is 8.42 Å². The molecule has 0 amide bonds. The topological polar surface area (TPSA) is 57.9 Å². The van der Waals surface area contributed by atoms with Crippen molar-refractivity contribution in [3.05, 3.63) is 48.0 Å². The lowest BCUT2D eigenvalue weighted by Gasteiger charge is -2.00. The largest absolute Gasteiger partial charge is 0.228 e. The molecule has 3 nitrogen and oxygen atoms in total. The lowest BCUT2D eigenvalue weighted by Crippen LogP contribution is -2.07. The highest BCUT2D eigenvalue weighted by atomic mass is 32.2. The molecule has 4 heteroatoms. The molecule has 0 saturated heterocycles. The predicted molar refractivity (Wildman–Crippen MR) is 58.7 cm³/mol. The van der Waals surface area contributed by atoms with E-state index < -0.39 is 9.84 Å². The highest BCUT2D eigenvalue weighted by molar-refractivity contribution is 7.90. The van der Waals surface area contributed by atoms with E-state index in [2.05, 4.69) is 0 Å². The second-order valence-electron chi connectivity index (χ2n) is 3.07. The number of rotatable bonds is 4. The minimum absolute atomic E-state index is 0.0175. The monoisotopic (exact) mass is 221 g/mol. The molecule has 0 saturated carbocycles. The first-order valence-corrected chi connectivity index (χ1v) is 6.25. The van der Waals surface area contributed by atoms with E-state index in [-0.39, 0.29) is 11.5 Å². The van der Waals surface area contributed by atoms with Gasteiger partial charge in [0.15, 0.2) is 9.84 Å². The van der Waals surface area contributed by atoms with Gasteiger partial charge in [0.1, 0.15) is 0 Å². The molecule has 0 aliphatic carbocycles. The van der Waals surface area contributed by atoms with Crippen molar-refractivity contribution in [1.29, 1.82) is 5.26 Å². The molecule has 0 fully saturated rings. The molecule has 0 unspecified atom stereocenters. The van der Waals surface area contributed by atoms with Crippen molar-refractivity contribution in [2.24, 2.45) is 0 Å². The second kappa shape index (κ2) is 5.32. The van der Waals surface area contributed by atoms with Crippen LogP contribution in [0.3, 0.4) is 0 Å². The minimum atomic E-state index is -3.14. The summed E-state index contributed by atoms with van der Waals surface area (Å²) in [4.78, 5) is 0. The van der Waals surface area contributed by atoms with Crippen LogP contribution >= 0.6 is 0 Å². The summed E-state index contributed by atoms with van der Waals surface area (Å²) in [5.74, 6) is -0.0704. The van der Waals surface area contributed by atoms with E-state index in [9.17, 15) is 8.42 Å². The van der Waals surface area contributed by atoms with Gasteiger partial charge in [0.25, 0.3) is 0 Å². The molecule has 0 N–H and O–H groups in total. The van der Waals surface area contributed by atoms with Crippen LogP contribution < -0.4 is 0 Å². The normalized spacial score (nSPS) is 11.4. The van der Waals surface area contributed by atoms with Gasteiger partial charge in [0.05, 0.1) is 17.6 Å². The summed E-state index contributed by atoms with van der Waals surface area (Å²) < 4.78 is 23.0. The van der Waals surface area contributed by atoms with Crippen LogP contribution in [0.1, 0.15) is 5.56 Å². The first kappa shape index (κ1) is 11.5. The molecule has 0 spiro atoms. The molecule has 0 radical (unpaired) electrons. The molecule has 0 aliphatic rings. The van der Waals surface area contributed by atoms with Gasteiger partial charge in [-0.05, 0) is 5.56 Å². The molecule has 1 rings (SSSR count). The molecular weight excluding hydrogens is 210 g/mol. The number of hydrogen-bond donors (Lipinski definition) is 0. The molecule has 0 aliphatic heterocycles. The standard InChI is InChI=1S/C11H11NO2S/c12-8-4-5-9-15(13,14)10-11-6-2-1-3-7-11/h1-7H,9-10H2/b5-4+. The number of nitriles is 1. The van der Waals surface area contributed by atoms with Gasteiger partial charge in [-0.15, -0.1) is 0 Å². The smallest absolute Gasteiger partial charge is 0.158 e. The second-order valence-corrected chi connectivity index (χ2v) is 5.18. The maximum absolute atomic E-state index is 11.5. The Morgan fingerprint density at radius 2 is 1.93 bits per heavy atom. The first-order chi connectivity index (χ1) is 7.14. The molecule has 1 aromatic rings. The summed E-state index contributed by atoms with van der Waals surface area (Å²) in [6.07, 6.45) is 2.54. The van der Waals surface area contributed by atoms with Gasteiger partial charge >= 0.3 is 0 Å². The summed E-state index contributed by atoms with van der Waals surface area (Å²) in [5, 5.41) is 8.22. The quantitative estimate of drug-likeness (QED) is 0.727. The lowest BCUT2D eigenvalue weighted by molar-refractivity contribution is 0.598. The molecule has 1 aromatic carbocycles. The fourth-order valence-corrected chi connectivity index (χ4v) is 2.34. The summed E-state index contributed by atoms with van der Waals surface area (Å²) in [5.41, 5.74) is 0.767. The van der Waals surface area contributed by atoms with Gasteiger partial charge in [0, 0.05) is 6.08 Å². The van der Waals surface area contributed by atoms with E-state index in [4.69, 9.17) is 5.26 Å². The Hall–Kier alpha value is -1.60. The lowest BCUT2D eigenvalue weighted by atomic mass is 10.2. The van der Waals surface area contributed by atoms with Crippen LogP contribution in [0.5, 0.6) is 0 Å². The Kier molecular flexibility index (Phi) is 4.07. The zero-order valence-electron chi connectivity index (χ0n) is 8.13. The van der Waals surface area contributed by atoms with Crippen molar-refractivity contribution in [3.8, 4) is 6.07 Å². The number of hydrogen-bond acceptors (Lipinski definition) is 3. The third kappa shape index (κ3) is 4.43. The Morgan fingerprint density at radius 1 is 1.27 bits per heavy atom. The number of sulfone groups is 1. The predicted octanol–water partition coefficient (Wildman–Crippen LogP) is 1.68. The van der Waals surface area contributed by atoms with Crippen molar-refractivity contribution >= 4 is 9.84 Å². The Labute approximate surface area is 89.6 Å². The van der Waals surface area contributed by atoms with Crippen LogP contribution in [0.2, 0.25) is 0 Å². The van der Waals surface area contributed by atoms with Gasteiger partial charge in [-0.2, -0.15) is 5.26 Å². The van der Waals surface area contributed by atoms with Crippen LogP contribution in [0, 0.1) is 11.3 Å². The van der Waals surface area contributed by atoms with Crippen molar-refractivity contribution in [3.63, 3.8) is 0 Å². The van der Waals surface area contributed by atoms with Crippen molar-refractivity contribution in [2.75, 3.05) is 5.75 Å². The van der Waals surface area contributed by atoms with Crippen LogP contribution in [-0.2, 0) is 15.6 Å². The summed E-state index contributed by atoms with van der Waals surface area (Å²) in [6, 6.07) is 10.7. The average molecular weight is 221 g/mol. The fourth-order valence-electron chi connectivity index (χ4n) is 1.13. The molecule has 0 atom stereocenters. The van der Waals surface area contributed by atoms with E-state index in [0.29, 0.717) is 0 Å². The van der Waals surface area contributed by atoms with Gasteiger partial charge in [-0.3, -0.25) is 0 Å². The zero-order chi connectivity index (χ0) is 11.1. The summed E-state index contributed by atoms with van der Waals surface area (Å²) in [6.45, 7) is 0. The molecule has 0 heterocycles. The third-order valence-electron chi connectivity index (χ3n) is 1.77. The van der Waals surface area contributed by atoms with Crippen molar-refractivity contribution in [2.45, 2.75) is 5.75 Å². The molecule has 0 aromatic heterocycles. The first-order valence-electron chi connectivity index (χ1n) is 4.43. The fraction of sp³-hybridized carbons (Fsp3) is 0.182. The zero-order valence-corrected chi connectivity index (χ0v) is 8.94. The Morgan fingerprint density at radius 3 is 2.53 bits per heavy atom. The maximum atomic E-state index is 11.5. The molecular formula is C11H11NO2S. The molecule has 78 valence electrons. The van der Waals surface area contributed by atoms with E-state index in [1.807, 2.05) is 6.07 Å². The Balaban J connectivity index is 2.66. The van der Waals surface area contributed by atoms with Crippen molar-refractivity contribution in [1.82, 2.24) is 0 Å². The molecule has 0 bridgehead atoms. The van der Waals surface area contributed by atoms with Gasteiger partial charge in [-0.25, -0.2) is 8.42 Å². The summed E-state index contributed by atoms with van der Waals surface area (Å²) >= 11 is 0. The van der Waals surface area contributed by atoms with Gasteiger partial charge < -0.3 is 0 Å². The van der Waals surface area contributed by atoms with Crippen LogP contribution in [-0.4, -0.2) is 14.2 Å². The third-order valence-corrected chi connectivity index (χ3v) is 3.25. The van der Waals surface area contributed by atoms with E-state index in [0.717, 1.165) is 5.56 Å². The number of benzene rings is 1. The van der Waals surface area contributed by atoms with Crippen LogP contribution in [0.25, 0.3) is 0 Å². The van der Waals surface area contributed by atoms with Gasteiger partial charge in [0.2, 0.25) is 0 Å². The number of allylic oxidation sites excluding steroid dienone is 1. The average Bonchev–Trinajstić information content (AvgIpc) is 2.18. The van der Waals surface area contributed by atoms with Crippen LogP contribution in [0.15, 0.2) is 42.5 Å². The SMILES string of the molecule is N#C/C=C/CS(=O)(=O)Cc1ccccc1.